The summed E-state index contributed by atoms with van der Waals surface area (Å²) in [6.07, 6.45) is 4.63. The molecule has 1 aliphatic carbocycles. The predicted octanol–water partition coefficient (Wildman–Crippen LogP) is 3.94. The topological polar surface area (TPSA) is 49.4 Å². The van der Waals surface area contributed by atoms with E-state index < -0.39 is 17.7 Å². The van der Waals surface area contributed by atoms with Crippen LogP contribution >= 0.6 is 0 Å². The van der Waals surface area contributed by atoms with Crippen molar-refractivity contribution in [1.82, 2.24) is 4.90 Å². The Morgan fingerprint density at radius 1 is 1.04 bits per heavy atom. The zero-order valence-electron chi connectivity index (χ0n) is 18.3. The van der Waals surface area contributed by atoms with Crippen LogP contribution in [0.15, 0.2) is 0 Å². The molecule has 0 aromatic rings. The minimum Gasteiger partial charge on any atom is -0.352 e. The van der Waals surface area contributed by atoms with Crippen molar-refractivity contribution < 1.29 is 24.0 Å². The van der Waals surface area contributed by atoms with Crippen molar-refractivity contribution in [2.75, 3.05) is 26.2 Å². The molecule has 4 aliphatic heterocycles. The third-order valence-corrected chi connectivity index (χ3v) is 7.89. The second-order valence-electron chi connectivity index (χ2n) is 9.52. The Hall–Kier alpha value is -0.240. The van der Waals surface area contributed by atoms with Crippen molar-refractivity contribution in [3.05, 3.63) is 0 Å². The van der Waals surface area contributed by atoms with E-state index in [1.165, 1.54) is 6.42 Å². The Morgan fingerprint density at radius 2 is 1.82 bits per heavy atom. The summed E-state index contributed by atoms with van der Waals surface area (Å²) in [5.41, 5.74) is -0.492. The van der Waals surface area contributed by atoms with Crippen molar-refractivity contribution in [2.45, 2.75) is 90.7 Å². The second-order valence-corrected chi connectivity index (χ2v) is 9.52. The SMILES string of the molecule is CCN(CC)CCCO[C@H]1O[C@@H]2O[C@@]3(C)CC[C@H]4[C@H](C)CC[C@@H]([C@H]1C)[C@@]24OO3. The first kappa shape index (κ1) is 21.0. The lowest BCUT2D eigenvalue weighted by Gasteiger charge is -2.60. The van der Waals surface area contributed by atoms with E-state index in [9.17, 15) is 0 Å². The average Bonchev–Trinajstić information content (AvgIpc) is 2.91. The molecule has 2 bridgehead atoms. The zero-order chi connectivity index (χ0) is 19.9. The predicted molar refractivity (Wildman–Crippen MR) is 105 cm³/mol. The molecule has 4 saturated heterocycles. The highest BCUT2D eigenvalue weighted by atomic mass is 17.3. The fraction of sp³-hybridized carbons (Fsp3) is 1.00. The molecule has 162 valence electrons. The molecule has 0 aromatic carbocycles. The fourth-order valence-corrected chi connectivity index (χ4v) is 6.09. The minimum atomic E-state index is -0.717. The highest BCUT2D eigenvalue weighted by Crippen LogP contribution is 2.60. The van der Waals surface area contributed by atoms with Crippen LogP contribution in [0.5, 0.6) is 0 Å². The standard InChI is InChI=1S/C22H39NO5/c1-6-23(7-2)13-8-14-24-19-16(4)18-10-9-15(3)17-11-12-21(5)26-20(25-19)22(17,18)28-27-21/h15-20H,6-14H2,1-5H3/t15-,16-,17+,18+,19+,20-,21-,22-/m1/s1. The molecule has 0 radical (unpaired) electrons. The molecule has 5 fully saturated rings. The van der Waals surface area contributed by atoms with Crippen LogP contribution < -0.4 is 0 Å². The maximum absolute atomic E-state index is 6.45. The van der Waals surface area contributed by atoms with Crippen LogP contribution in [0.1, 0.15) is 66.7 Å². The molecule has 0 amide bonds. The van der Waals surface area contributed by atoms with Crippen molar-refractivity contribution >= 4 is 0 Å². The first-order chi connectivity index (χ1) is 13.4. The number of hydrogen-bond donors (Lipinski definition) is 0. The zero-order valence-corrected chi connectivity index (χ0v) is 18.3. The molecule has 28 heavy (non-hydrogen) atoms. The van der Waals surface area contributed by atoms with Crippen LogP contribution in [-0.2, 0) is 24.0 Å². The van der Waals surface area contributed by atoms with Crippen LogP contribution in [0.3, 0.4) is 0 Å². The van der Waals surface area contributed by atoms with Crippen LogP contribution in [0.25, 0.3) is 0 Å². The van der Waals surface area contributed by atoms with Gasteiger partial charge in [-0.05, 0) is 57.5 Å². The van der Waals surface area contributed by atoms with Gasteiger partial charge in [-0.25, -0.2) is 9.78 Å². The van der Waals surface area contributed by atoms with Gasteiger partial charge in [-0.2, -0.15) is 0 Å². The van der Waals surface area contributed by atoms with Crippen molar-refractivity contribution in [3.63, 3.8) is 0 Å². The van der Waals surface area contributed by atoms with E-state index in [2.05, 4.69) is 32.6 Å². The summed E-state index contributed by atoms with van der Waals surface area (Å²) in [7, 11) is 0. The molecule has 0 unspecified atom stereocenters. The van der Waals surface area contributed by atoms with Crippen LogP contribution in [-0.4, -0.2) is 55.1 Å². The van der Waals surface area contributed by atoms with E-state index >= 15 is 0 Å². The van der Waals surface area contributed by atoms with Crippen LogP contribution in [0, 0.1) is 23.7 Å². The highest BCUT2D eigenvalue weighted by Gasteiger charge is 2.69. The van der Waals surface area contributed by atoms with Gasteiger partial charge in [0, 0.05) is 24.8 Å². The monoisotopic (exact) mass is 397 g/mol. The molecule has 5 rings (SSSR count). The Bertz CT molecular complexity index is 543. The number of fused-ring (bicyclic) bond motifs is 2. The van der Waals surface area contributed by atoms with E-state index in [0.29, 0.717) is 24.4 Å². The fourth-order valence-electron chi connectivity index (χ4n) is 6.09. The summed E-state index contributed by atoms with van der Waals surface area (Å²) in [4.78, 5) is 14.5. The number of ether oxygens (including phenoxy) is 3. The van der Waals surface area contributed by atoms with Crippen molar-refractivity contribution in [2.24, 2.45) is 23.7 Å². The minimum absolute atomic E-state index is 0.238. The van der Waals surface area contributed by atoms with E-state index in [1.54, 1.807) is 0 Å². The van der Waals surface area contributed by atoms with Gasteiger partial charge in [0.15, 0.2) is 18.2 Å². The highest BCUT2D eigenvalue weighted by molar-refractivity contribution is 5.09. The van der Waals surface area contributed by atoms with Gasteiger partial charge in [0.1, 0.15) is 0 Å². The normalized spacial score (nSPS) is 47.8. The summed E-state index contributed by atoms with van der Waals surface area (Å²) in [5.74, 6) is 0.878. The maximum Gasteiger partial charge on any atom is 0.201 e. The van der Waals surface area contributed by atoms with Gasteiger partial charge in [-0.1, -0.05) is 27.7 Å². The third kappa shape index (κ3) is 3.44. The number of nitrogens with zero attached hydrogens (tertiary/aromatic N) is 1. The lowest BCUT2D eigenvalue weighted by molar-refractivity contribution is -0.577. The first-order valence-corrected chi connectivity index (χ1v) is 11.5. The molecule has 1 saturated carbocycles. The Morgan fingerprint density at radius 3 is 2.57 bits per heavy atom. The van der Waals surface area contributed by atoms with E-state index in [1.807, 2.05) is 6.92 Å². The Labute approximate surface area is 170 Å². The summed E-state index contributed by atoms with van der Waals surface area (Å²) in [6.45, 7) is 14.9. The van der Waals surface area contributed by atoms with Gasteiger partial charge < -0.3 is 19.1 Å². The van der Waals surface area contributed by atoms with Gasteiger partial charge in [-0.15, -0.1) is 0 Å². The van der Waals surface area contributed by atoms with Crippen molar-refractivity contribution in [3.8, 4) is 0 Å². The molecule has 6 heteroatoms. The van der Waals surface area contributed by atoms with Crippen molar-refractivity contribution in [1.29, 1.82) is 0 Å². The van der Waals surface area contributed by atoms with Crippen LogP contribution in [0.2, 0.25) is 0 Å². The summed E-state index contributed by atoms with van der Waals surface area (Å²) < 4.78 is 19.1. The molecule has 6 nitrogen and oxygen atoms in total. The Kier molecular flexibility index (Phi) is 6.09. The molecule has 1 spiro atoms. The number of hydrogen-bond acceptors (Lipinski definition) is 6. The van der Waals surface area contributed by atoms with Gasteiger partial charge >= 0.3 is 0 Å². The summed E-state index contributed by atoms with van der Waals surface area (Å²) >= 11 is 0. The summed E-state index contributed by atoms with van der Waals surface area (Å²) in [6, 6.07) is 0. The van der Waals surface area contributed by atoms with Crippen LogP contribution in [0.4, 0.5) is 0 Å². The maximum atomic E-state index is 6.45. The molecule has 0 N–H and O–H groups in total. The molecule has 0 aromatic heterocycles. The van der Waals surface area contributed by atoms with Gasteiger partial charge in [0.25, 0.3) is 0 Å². The van der Waals surface area contributed by atoms with E-state index in [4.69, 9.17) is 24.0 Å². The first-order valence-electron chi connectivity index (χ1n) is 11.5. The Balaban J connectivity index is 1.47. The van der Waals surface area contributed by atoms with Gasteiger partial charge in [-0.3, -0.25) is 0 Å². The summed E-state index contributed by atoms with van der Waals surface area (Å²) in [5, 5.41) is 0. The second kappa shape index (κ2) is 8.12. The molecule has 8 atom stereocenters. The van der Waals surface area contributed by atoms with Gasteiger partial charge in [0.05, 0.1) is 6.61 Å². The van der Waals surface area contributed by atoms with Gasteiger partial charge in [0.2, 0.25) is 5.79 Å². The molecule has 5 aliphatic rings. The third-order valence-electron chi connectivity index (χ3n) is 7.89. The molecular weight excluding hydrogens is 358 g/mol. The molecule has 4 heterocycles. The lowest BCUT2D eigenvalue weighted by Crippen LogP contribution is -2.70. The lowest BCUT2D eigenvalue weighted by atomic mass is 9.58. The van der Waals surface area contributed by atoms with E-state index in [-0.39, 0.29) is 12.2 Å². The number of rotatable bonds is 7. The smallest absolute Gasteiger partial charge is 0.201 e. The average molecular weight is 398 g/mol. The largest absolute Gasteiger partial charge is 0.352 e. The quantitative estimate of drug-likeness (QED) is 0.479. The van der Waals surface area contributed by atoms with E-state index in [0.717, 1.165) is 45.3 Å². The molecular formula is C22H39NO5.